The standard InChI is InChI=1S/C3H6N2O2S.K/c1-4-3(8)2-5(6)7;/h2,4,8H,1H3;. The molecule has 0 aliphatic rings. The van der Waals surface area contributed by atoms with Gasteiger partial charge in [-0.05, 0) is 0 Å². The van der Waals surface area contributed by atoms with Crippen LogP contribution in [-0.2, 0) is 0 Å². The minimum Gasteiger partial charge on any atom is -0.378 e. The van der Waals surface area contributed by atoms with Crippen LogP contribution in [0, 0.1) is 10.1 Å². The third-order valence-electron chi connectivity index (χ3n) is 0.484. The van der Waals surface area contributed by atoms with Gasteiger partial charge in [0.2, 0.25) is 0 Å². The van der Waals surface area contributed by atoms with E-state index in [1.165, 1.54) is 0 Å². The van der Waals surface area contributed by atoms with Gasteiger partial charge in [0.25, 0.3) is 6.20 Å². The summed E-state index contributed by atoms with van der Waals surface area (Å²) in [7, 11) is 1.56. The molecule has 0 amide bonds. The summed E-state index contributed by atoms with van der Waals surface area (Å²) in [6, 6.07) is 0. The van der Waals surface area contributed by atoms with E-state index in [9.17, 15) is 10.1 Å². The van der Waals surface area contributed by atoms with E-state index in [0.717, 1.165) is 6.20 Å². The summed E-state index contributed by atoms with van der Waals surface area (Å²) < 4.78 is 0. The Morgan fingerprint density at radius 2 is 2.33 bits per heavy atom. The average molecular weight is 173 g/mol. The van der Waals surface area contributed by atoms with Crippen LogP contribution in [0.15, 0.2) is 11.2 Å². The maximum absolute atomic E-state index is 9.61. The van der Waals surface area contributed by atoms with Crippen molar-refractivity contribution in [2.75, 3.05) is 7.05 Å². The Labute approximate surface area is 101 Å². The molecule has 6 heteroatoms. The van der Waals surface area contributed by atoms with Crippen molar-refractivity contribution in [3.05, 3.63) is 21.3 Å². The van der Waals surface area contributed by atoms with Gasteiger partial charge in [-0.3, -0.25) is 10.1 Å². The van der Waals surface area contributed by atoms with E-state index < -0.39 is 4.92 Å². The molecular weight excluding hydrogens is 167 g/mol. The number of hydrogen-bond acceptors (Lipinski definition) is 4. The minimum absolute atomic E-state index is 0. The third-order valence-corrected chi connectivity index (χ3v) is 0.823. The van der Waals surface area contributed by atoms with Gasteiger partial charge in [-0.2, -0.15) is 0 Å². The average Bonchev–Trinajstić information content (AvgIpc) is 1.65. The van der Waals surface area contributed by atoms with Crippen LogP contribution in [0.1, 0.15) is 0 Å². The summed E-state index contributed by atoms with van der Waals surface area (Å²) in [6.45, 7) is 0. The summed E-state index contributed by atoms with van der Waals surface area (Å²) in [5, 5.41) is 12.3. The first-order chi connectivity index (χ1) is 3.66. The van der Waals surface area contributed by atoms with Gasteiger partial charge in [0.1, 0.15) is 5.03 Å². The van der Waals surface area contributed by atoms with Gasteiger partial charge >= 0.3 is 0 Å². The maximum atomic E-state index is 9.61. The molecule has 0 saturated carbocycles. The molecule has 0 aromatic rings. The fourth-order valence-corrected chi connectivity index (χ4v) is 0.259. The van der Waals surface area contributed by atoms with Gasteiger partial charge in [-0.1, -0.05) is 0 Å². The monoisotopic (exact) mass is 173 g/mol. The van der Waals surface area contributed by atoms with E-state index >= 15 is 0 Å². The Kier molecular flexibility index (Phi) is 9.85. The van der Waals surface area contributed by atoms with Crippen LogP contribution in [-0.4, -0.2) is 63.4 Å². The second-order valence-corrected chi connectivity index (χ2v) is 1.53. The molecule has 4 nitrogen and oxygen atoms in total. The zero-order valence-corrected chi connectivity index (χ0v) is 9.31. The van der Waals surface area contributed by atoms with E-state index in [4.69, 9.17) is 0 Å². The van der Waals surface area contributed by atoms with Crippen molar-refractivity contribution in [2.45, 2.75) is 0 Å². The van der Waals surface area contributed by atoms with E-state index in [-0.39, 0.29) is 56.4 Å². The van der Waals surface area contributed by atoms with Gasteiger partial charge in [-0.25, -0.2) is 0 Å². The summed E-state index contributed by atoms with van der Waals surface area (Å²) in [6.07, 6.45) is 0.781. The van der Waals surface area contributed by atoms with E-state index in [0.29, 0.717) is 0 Å². The van der Waals surface area contributed by atoms with E-state index in [1.807, 2.05) is 0 Å². The Bertz CT molecular complexity index is 127. The van der Waals surface area contributed by atoms with Gasteiger partial charge in [0.15, 0.2) is 0 Å². The van der Waals surface area contributed by atoms with Crippen LogP contribution < -0.4 is 5.32 Å². The molecule has 0 spiro atoms. The largest absolute Gasteiger partial charge is 0.378 e. The number of nitro groups is 1. The predicted molar refractivity (Wildman–Crippen MR) is 38.9 cm³/mol. The molecule has 0 aromatic heterocycles. The topological polar surface area (TPSA) is 55.2 Å². The Balaban J connectivity index is 0. The molecule has 0 bridgehead atoms. The molecule has 0 heterocycles. The van der Waals surface area contributed by atoms with Crippen LogP contribution in [0.4, 0.5) is 0 Å². The van der Waals surface area contributed by atoms with Crippen molar-refractivity contribution in [1.82, 2.24) is 5.32 Å². The molecule has 0 rings (SSSR count). The van der Waals surface area contributed by atoms with Crippen molar-refractivity contribution in [2.24, 2.45) is 0 Å². The van der Waals surface area contributed by atoms with Crippen molar-refractivity contribution in [3.63, 3.8) is 0 Å². The van der Waals surface area contributed by atoms with Gasteiger partial charge < -0.3 is 5.32 Å². The molecule has 0 unspecified atom stereocenters. The molecule has 0 saturated heterocycles. The molecule has 0 aliphatic carbocycles. The molecule has 1 N–H and O–H groups in total. The molecule has 1 radical (unpaired) electrons. The molecule has 0 atom stereocenters. The maximum Gasteiger partial charge on any atom is 0.263 e. The van der Waals surface area contributed by atoms with E-state index in [1.54, 1.807) is 7.05 Å². The molecule has 0 aromatic carbocycles. The number of thiol groups is 1. The quantitative estimate of drug-likeness (QED) is 0.264. The van der Waals surface area contributed by atoms with Gasteiger partial charge in [0, 0.05) is 58.4 Å². The second-order valence-electron chi connectivity index (χ2n) is 1.05. The fourth-order valence-electron chi connectivity index (χ4n) is 0.164. The summed E-state index contributed by atoms with van der Waals surface area (Å²) in [4.78, 5) is 9.04. The first-order valence-electron chi connectivity index (χ1n) is 1.89. The number of rotatable bonds is 2. The molecule has 47 valence electrons. The van der Waals surface area contributed by atoms with E-state index in [2.05, 4.69) is 17.9 Å². The molecular formula is C3H6KN2O2S. The smallest absolute Gasteiger partial charge is 0.263 e. The number of hydrogen-bond donors (Lipinski definition) is 2. The second kappa shape index (κ2) is 7.04. The van der Waals surface area contributed by atoms with Gasteiger partial charge in [-0.15, -0.1) is 12.6 Å². The molecule has 9 heavy (non-hydrogen) atoms. The van der Waals surface area contributed by atoms with Crippen LogP contribution in [0.5, 0.6) is 0 Å². The van der Waals surface area contributed by atoms with Crippen molar-refractivity contribution < 1.29 is 4.92 Å². The zero-order chi connectivity index (χ0) is 6.57. The molecule has 0 fully saturated rings. The van der Waals surface area contributed by atoms with Crippen LogP contribution in [0.3, 0.4) is 0 Å². The fraction of sp³-hybridized carbons (Fsp3) is 0.333. The Morgan fingerprint density at radius 3 is 2.44 bits per heavy atom. The summed E-state index contributed by atoms with van der Waals surface area (Å²) in [5.74, 6) is 0. The SMILES string of the molecule is CNC(S)=C[N+](=O)[O-].[K]. The summed E-state index contributed by atoms with van der Waals surface area (Å²) in [5.41, 5.74) is 0. The predicted octanol–water partition coefficient (Wildman–Crippen LogP) is -0.170. The van der Waals surface area contributed by atoms with Crippen LogP contribution in [0.25, 0.3) is 0 Å². The van der Waals surface area contributed by atoms with Crippen molar-refractivity contribution in [3.8, 4) is 0 Å². The normalized spacial score (nSPS) is 9.78. The molecule has 0 aliphatic heterocycles. The number of nitrogens with zero attached hydrogens (tertiary/aromatic N) is 1. The number of nitrogens with one attached hydrogen (secondary N) is 1. The van der Waals surface area contributed by atoms with Crippen LogP contribution in [0.2, 0.25) is 0 Å². The first kappa shape index (κ1) is 12.6. The zero-order valence-electron chi connectivity index (χ0n) is 5.29. The van der Waals surface area contributed by atoms with Crippen molar-refractivity contribution >= 4 is 64.0 Å². The first-order valence-corrected chi connectivity index (χ1v) is 2.33. The Morgan fingerprint density at radius 1 is 1.89 bits per heavy atom. The van der Waals surface area contributed by atoms with Crippen molar-refractivity contribution in [1.29, 1.82) is 0 Å². The van der Waals surface area contributed by atoms with Crippen LogP contribution >= 0.6 is 12.6 Å². The minimum atomic E-state index is -0.571. The Hall–Kier alpha value is 0.926. The van der Waals surface area contributed by atoms with Gasteiger partial charge in [0.05, 0.1) is 4.92 Å². The summed E-state index contributed by atoms with van der Waals surface area (Å²) >= 11 is 3.68. The third kappa shape index (κ3) is 8.93.